The van der Waals surface area contributed by atoms with Crippen LogP contribution in [-0.2, 0) is 21.4 Å². The maximum Gasteiger partial charge on any atom is 0.252 e. The first-order valence-electron chi connectivity index (χ1n) is 9.64. The van der Waals surface area contributed by atoms with Gasteiger partial charge in [0, 0.05) is 24.6 Å². The Bertz CT molecular complexity index is 1120. The molecule has 0 unspecified atom stereocenters. The number of benzene rings is 1. The highest BCUT2D eigenvalue weighted by Crippen LogP contribution is 2.26. The van der Waals surface area contributed by atoms with Crippen molar-refractivity contribution in [3.8, 4) is 11.4 Å². The van der Waals surface area contributed by atoms with Crippen LogP contribution in [0.15, 0.2) is 50.5 Å². The molecule has 0 aliphatic carbocycles. The van der Waals surface area contributed by atoms with Gasteiger partial charge >= 0.3 is 0 Å². The van der Waals surface area contributed by atoms with Crippen molar-refractivity contribution in [1.82, 2.24) is 19.8 Å². The Balaban J connectivity index is 1.30. The van der Waals surface area contributed by atoms with Crippen molar-refractivity contribution in [3.05, 3.63) is 53.2 Å². The number of amides is 1. The molecule has 3 heterocycles. The minimum absolute atomic E-state index is 0.126. The molecule has 0 radical (unpaired) electrons. The monoisotopic (exact) mass is 446 g/mol. The van der Waals surface area contributed by atoms with Gasteiger partial charge in [0.05, 0.1) is 6.54 Å². The van der Waals surface area contributed by atoms with E-state index in [0.717, 1.165) is 11.1 Å². The van der Waals surface area contributed by atoms with Crippen LogP contribution >= 0.6 is 11.3 Å². The molecule has 0 saturated carbocycles. The molecule has 8 nitrogen and oxygen atoms in total. The average molecular weight is 447 g/mol. The van der Waals surface area contributed by atoms with Gasteiger partial charge in [-0.3, -0.25) is 4.79 Å². The summed E-state index contributed by atoms with van der Waals surface area (Å²) in [4.78, 5) is 16.8. The zero-order chi connectivity index (χ0) is 21.1. The van der Waals surface area contributed by atoms with E-state index in [0.29, 0.717) is 41.9 Å². The highest BCUT2D eigenvalue weighted by Gasteiger charge is 2.32. The van der Waals surface area contributed by atoms with Crippen molar-refractivity contribution < 1.29 is 17.7 Å². The van der Waals surface area contributed by atoms with Gasteiger partial charge in [0.25, 0.3) is 10.0 Å². The van der Waals surface area contributed by atoms with E-state index in [2.05, 4.69) is 15.5 Å². The van der Waals surface area contributed by atoms with Crippen molar-refractivity contribution in [2.45, 2.75) is 30.5 Å². The molecule has 2 aromatic heterocycles. The van der Waals surface area contributed by atoms with Crippen molar-refractivity contribution in [2.75, 3.05) is 13.1 Å². The quantitative estimate of drug-likeness (QED) is 0.624. The first-order valence-corrected chi connectivity index (χ1v) is 12.0. The third-order valence-electron chi connectivity index (χ3n) is 5.07. The average Bonchev–Trinajstić information content (AvgIpc) is 3.45. The van der Waals surface area contributed by atoms with Crippen molar-refractivity contribution >= 4 is 27.3 Å². The number of nitrogens with zero attached hydrogens (tertiary/aromatic N) is 3. The molecule has 1 aromatic carbocycles. The molecule has 1 saturated heterocycles. The molecule has 3 aromatic rings. The topological polar surface area (TPSA) is 105 Å². The highest BCUT2D eigenvalue weighted by molar-refractivity contribution is 7.91. The van der Waals surface area contributed by atoms with E-state index in [4.69, 9.17) is 4.52 Å². The standard InChI is InChI=1S/C20H22N4O4S2/c1-14-4-2-5-16(12-14)19-22-17(28-23-19)13-21-20(25)15-7-9-24(10-8-15)30(26,27)18-6-3-11-29-18/h2-6,11-12,15H,7-10,13H2,1H3,(H,21,25). The van der Waals surface area contributed by atoms with Crippen LogP contribution in [-0.4, -0.2) is 41.9 Å². The van der Waals surface area contributed by atoms with Crippen LogP contribution in [0.4, 0.5) is 0 Å². The molecule has 0 spiro atoms. The molecule has 1 aliphatic rings. The molecule has 0 atom stereocenters. The number of aryl methyl sites for hydroxylation is 1. The van der Waals surface area contributed by atoms with E-state index < -0.39 is 10.0 Å². The molecular weight excluding hydrogens is 424 g/mol. The normalized spacial score (nSPS) is 15.9. The molecular formula is C20H22N4O4S2. The van der Waals surface area contributed by atoms with Crippen LogP contribution in [0.2, 0.25) is 0 Å². The number of sulfonamides is 1. The molecule has 1 N–H and O–H groups in total. The first kappa shape index (κ1) is 20.7. The van der Waals surface area contributed by atoms with Crippen LogP contribution in [0.1, 0.15) is 24.3 Å². The number of piperidine rings is 1. The Morgan fingerprint density at radius 3 is 2.77 bits per heavy atom. The summed E-state index contributed by atoms with van der Waals surface area (Å²) in [6.45, 7) is 2.79. The summed E-state index contributed by atoms with van der Waals surface area (Å²) in [7, 11) is -3.46. The second-order valence-electron chi connectivity index (χ2n) is 7.21. The van der Waals surface area contributed by atoms with E-state index in [1.54, 1.807) is 17.5 Å². The number of hydrogen-bond acceptors (Lipinski definition) is 7. The number of carbonyl (C=O) groups excluding carboxylic acids is 1. The van der Waals surface area contributed by atoms with Crippen LogP contribution in [0, 0.1) is 12.8 Å². The van der Waals surface area contributed by atoms with Gasteiger partial charge in [0.15, 0.2) is 0 Å². The number of carbonyl (C=O) groups is 1. The lowest BCUT2D eigenvalue weighted by atomic mass is 9.97. The lowest BCUT2D eigenvalue weighted by Gasteiger charge is -2.30. The summed E-state index contributed by atoms with van der Waals surface area (Å²) in [6, 6.07) is 11.1. The molecule has 1 aliphatic heterocycles. The number of aromatic nitrogens is 2. The predicted octanol–water partition coefficient (Wildman–Crippen LogP) is 2.82. The summed E-state index contributed by atoms with van der Waals surface area (Å²) < 4.78 is 32.2. The zero-order valence-corrected chi connectivity index (χ0v) is 18.1. The molecule has 158 valence electrons. The van der Waals surface area contributed by atoms with Gasteiger partial charge in [0.2, 0.25) is 17.6 Å². The Hall–Kier alpha value is -2.56. The van der Waals surface area contributed by atoms with Gasteiger partial charge in [-0.15, -0.1) is 11.3 Å². The Morgan fingerprint density at radius 2 is 2.07 bits per heavy atom. The Morgan fingerprint density at radius 1 is 1.27 bits per heavy atom. The zero-order valence-electron chi connectivity index (χ0n) is 16.4. The SMILES string of the molecule is Cc1cccc(-c2noc(CNC(=O)C3CCN(S(=O)(=O)c4cccs4)CC3)n2)c1. The smallest absolute Gasteiger partial charge is 0.252 e. The van der Waals surface area contributed by atoms with Gasteiger partial charge < -0.3 is 9.84 Å². The number of nitrogens with one attached hydrogen (secondary N) is 1. The predicted molar refractivity (Wildman–Crippen MR) is 112 cm³/mol. The summed E-state index contributed by atoms with van der Waals surface area (Å²) >= 11 is 1.21. The fourth-order valence-electron chi connectivity index (χ4n) is 3.43. The second kappa shape index (κ2) is 8.66. The molecule has 1 amide bonds. The number of thiophene rings is 1. The number of hydrogen-bond donors (Lipinski definition) is 1. The third-order valence-corrected chi connectivity index (χ3v) is 8.34. The van der Waals surface area contributed by atoms with Crippen LogP contribution in [0.25, 0.3) is 11.4 Å². The van der Waals surface area contributed by atoms with Gasteiger partial charge in [-0.1, -0.05) is 35.0 Å². The van der Waals surface area contributed by atoms with E-state index in [1.165, 1.54) is 15.6 Å². The van der Waals surface area contributed by atoms with E-state index in [9.17, 15) is 13.2 Å². The fourth-order valence-corrected chi connectivity index (χ4v) is 6.05. The maximum atomic E-state index is 12.6. The summed E-state index contributed by atoms with van der Waals surface area (Å²) in [5.41, 5.74) is 1.95. The fraction of sp³-hybridized carbons (Fsp3) is 0.350. The van der Waals surface area contributed by atoms with E-state index in [1.807, 2.05) is 31.2 Å². The van der Waals surface area contributed by atoms with Gasteiger partial charge in [-0.2, -0.15) is 9.29 Å². The minimum atomic E-state index is -3.46. The molecule has 0 bridgehead atoms. The van der Waals surface area contributed by atoms with Gasteiger partial charge in [0.1, 0.15) is 4.21 Å². The second-order valence-corrected chi connectivity index (χ2v) is 10.3. The van der Waals surface area contributed by atoms with Crippen molar-refractivity contribution in [3.63, 3.8) is 0 Å². The lowest BCUT2D eigenvalue weighted by Crippen LogP contribution is -2.42. The molecule has 4 rings (SSSR count). The maximum absolute atomic E-state index is 12.6. The van der Waals surface area contributed by atoms with E-state index in [-0.39, 0.29) is 18.4 Å². The lowest BCUT2D eigenvalue weighted by molar-refractivity contribution is -0.126. The Labute approximate surface area is 179 Å². The van der Waals surface area contributed by atoms with Gasteiger partial charge in [-0.05, 0) is 37.3 Å². The van der Waals surface area contributed by atoms with Crippen molar-refractivity contribution in [1.29, 1.82) is 0 Å². The van der Waals surface area contributed by atoms with Crippen LogP contribution in [0.5, 0.6) is 0 Å². The van der Waals surface area contributed by atoms with E-state index >= 15 is 0 Å². The summed E-state index contributed by atoms with van der Waals surface area (Å²) in [5.74, 6) is 0.449. The van der Waals surface area contributed by atoms with Crippen LogP contribution in [0.3, 0.4) is 0 Å². The molecule has 1 fully saturated rings. The number of rotatable bonds is 6. The largest absolute Gasteiger partial charge is 0.347 e. The molecule has 10 heteroatoms. The Kier molecular flexibility index (Phi) is 5.98. The molecule has 30 heavy (non-hydrogen) atoms. The van der Waals surface area contributed by atoms with Crippen LogP contribution < -0.4 is 5.32 Å². The first-order chi connectivity index (χ1) is 14.4. The third kappa shape index (κ3) is 4.45. The minimum Gasteiger partial charge on any atom is -0.347 e. The van der Waals surface area contributed by atoms with Crippen molar-refractivity contribution in [2.24, 2.45) is 5.92 Å². The summed E-state index contributed by atoms with van der Waals surface area (Å²) in [6.07, 6.45) is 0.962. The summed E-state index contributed by atoms with van der Waals surface area (Å²) in [5, 5.41) is 8.54. The highest BCUT2D eigenvalue weighted by atomic mass is 32.2. The van der Waals surface area contributed by atoms with Gasteiger partial charge in [-0.25, -0.2) is 8.42 Å².